The number of rotatable bonds is 7. The molecule has 2 aromatic rings. The third-order valence-corrected chi connectivity index (χ3v) is 3.61. The minimum absolute atomic E-state index is 0.126. The predicted molar refractivity (Wildman–Crippen MR) is 90.5 cm³/mol. The summed E-state index contributed by atoms with van der Waals surface area (Å²) in [4.78, 5) is 12.1. The zero-order chi connectivity index (χ0) is 20.0. The molecule has 1 aromatic carbocycles. The third kappa shape index (κ3) is 4.85. The summed E-state index contributed by atoms with van der Waals surface area (Å²) >= 11 is 1.25. The first kappa shape index (κ1) is 20.4. The highest BCUT2D eigenvalue weighted by Crippen LogP contribution is 2.26. The van der Waals surface area contributed by atoms with Crippen LogP contribution in [0, 0.1) is 0 Å². The molecule has 1 aromatic heterocycles. The number of allylic oxidation sites excluding steroid dienone is 4. The van der Waals surface area contributed by atoms with E-state index < -0.39 is 35.9 Å². The predicted octanol–water partition coefficient (Wildman–Crippen LogP) is 5.10. The van der Waals surface area contributed by atoms with Gasteiger partial charge in [-0.05, 0) is 36.6 Å². The molecule has 0 saturated heterocycles. The average molecular weight is 400 g/mol. The van der Waals surface area contributed by atoms with E-state index >= 15 is 0 Å². The van der Waals surface area contributed by atoms with Crippen molar-refractivity contribution < 1.29 is 31.5 Å². The number of aromatic nitrogens is 2. The second-order valence-corrected chi connectivity index (χ2v) is 5.54. The minimum Gasteiger partial charge on any atom is -0.417 e. The van der Waals surface area contributed by atoms with Crippen LogP contribution in [0.25, 0.3) is 11.5 Å². The van der Waals surface area contributed by atoms with Crippen LogP contribution in [-0.2, 0) is 4.74 Å². The number of alkyl halides is 1. The SMILES string of the molecule is C=C/C(F)=C(F)\C(OC(=O)c1ccc(-c2nnc(SC)o2)cc1)=C(\F)CF. The summed E-state index contributed by atoms with van der Waals surface area (Å²) in [6, 6.07) is 5.38. The second kappa shape index (κ2) is 9.17. The molecule has 0 aliphatic heterocycles. The molecule has 27 heavy (non-hydrogen) atoms. The van der Waals surface area contributed by atoms with Gasteiger partial charge in [0.25, 0.3) is 5.22 Å². The van der Waals surface area contributed by atoms with Crippen LogP contribution in [-0.4, -0.2) is 29.1 Å². The van der Waals surface area contributed by atoms with E-state index in [2.05, 4.69) is 21.5 Å². The molecule has 0 aliphatic rings. The molecule has 0 saturated carbocycles. The van der Waals surface area contributed by atoms with Gasteiger partial charge in [-0.3, -0.25) is 0 Å². The van der Waals surface area contributed by atoms with E-state index in [4.69, 9.17) is 4.42 Å². The van der Waals surface area contributed by atoms with Crippen LogP contribution < -0.4 is 0 Å². The number of carbonyl (C=O) groups excluding carboxylic acids is 1. The fourth-order valence-electron chi connectivity index (χ4n) is 1.79. The number of hydrogen-bond donors (Lipinski definition) is 0. The Morgan fingerprint density at radius 1 is 1.26 bits per heavy atom. The van der Waals surface area contributed by atoms with Gasteiger partial charge in [-0.2, -0.15) is 4.39 Å². The van der Waals surface area contributed by atoms with Crippen LogP contribution >= 0.6 is 11.8 Å². The highest BCUT2D eigenvalue weighted by Gasteiger charge is 2.22. The topological polar surface area (TPSA) is 65.2 Å². The summed E-state index contributed by atoms with van der Waals surface area (Å²) in [7, 11) is 0. The number of nitrogens with zero attached hydrogens (tertiary/aromatic N) is 2. The Labute approximate surface area is 155 Å². The van der Waals surface area contributed by atoms with Gasteiger partial charge in [0.15, 0.2) is 11.7 Å². The van der Waals surface area contributed by atoms with Crippen LogP contribution in [0.4, 0.5) is 17.6 Å². The lowest BCUT2D eigenvalue weighted by atomic mass is 10.1. The maximum Gasteiger partial charge on any atom is 0.343 e. The van der Waals surface area contributed by atoms with Crippen LogP contribution in [0.1, 0.15) is 10.4 Å². The summed E-state index contributed by atoms with van der Waals surface area (Å²) < 4.78 is 62.8. The van der Waals surface area contributed by atoms with Crippen molar-refractivity contribution in [3.8, 4) is 11.5 Å². The monoisotopic (exact) mass is 400 g/mol. The summed E-state index contributed by atoms with van der Waals surface area (Å²) in [6.07, 6.45) is 2.18. The molecule has 2 rings (SSSR count). The quantitative estimate of drug-likeness (QED) is 0.212. The van der Waals surface area contributed by atoms with Crippen molar-refractivity contribution in [2.24, 2.45) is 0 Å². The van der Waals surface area contributed by atoms with E-state index in [0.717, 1.165) is 0 Å². The van der Waals surface area contributed by atoms with E-state index in [1.54, 1.807) is 6.26 Å². The van der Waals surface area contributed by atoms with Crippen molar-refractivity contribution in [2.45, 2.75) is 5.22 Å². The Morgan fingerprint density at radius 2 is 1.93 bits per heavy atom. The van der Waals surface area contributed by atoms with E-state index in [-0.39, 0.29) is 11.5 Å². The number of benzene rings is 1. The number of ether oxygens (including phenoxy) is 1. The van der Waals surface area contributed by atoms with Crippen LogP contribution in [0.3, 0.4) is 0 Å². The van der Waals surface area contributed by atoms with Gasteiger partial charge in [-0.1, -0.05) is 18.3 Å². The van der Waals surface area contributed by atoms with Crippen molar-refractivity contribution in [1.82, 2.24) is 10.2 Å². The molecule has 0 spiro atoms. The van der Waals surface area contributed by atoms with Crippen molar-refractivity contribution in [3.05, 3.63) is 65.7 Å². The second-order valence-electron chi connectivity index (χ2n) is 4.78. The smallest absolute Gasteiger partial charge is 0.343 e. The minimum atomic E-state index is -1.87. The fourth-order valence-corrected chi connectivity index (χ4v) is 2.07. The summed E-state index contributed by atoms with van der Waals surface area (Å²) in [6.45, 7) is 1.18. The standard InChI is InChI=1S/C17H12F4N2O3S/c1-3-11(19)13(21)14(12(20)8-18)25-16(24)10-6-4-9(5-7-10)15-22-23-17(26-15)27-2/h3-7H,1,8H2,2H3/b13-11-,14-12-. The Morgan fingerprint density at radius 3 is 2.44 bits per heavy atom. The van der Waals surface area contributed by atoms with E-state index in [1.807, 2.05) is 0 Å². The largest absolute Gasteiger partial charge is 0.417 e. The lowest BCUT2D eigenvalue weighted by Crippen LogP contribution is -2.08. The molecule has 0 unspecified atom stereocenters. The maximum atomic E-state index is 13.8. The van der Waals surface area contributed by atoms with Crippen molar-refractivity contribution >= 4 is 17.7 Å². The Kier molecular flexibility index (Phi) is 6.94. The molecule has 0 fully saturated rings. The molecule has 0 bridgehead atoms. The first-order chi connectivity index (χ1) is 12.9. The number of carbonyl (C=O) groups is 1. The highest BCUT2D eigenvalue weighted by atomic mass is 32.2. The van der Waals surface area contributed by atoms with Crippen LogP contribution in [0.5, 0.6) is 0 Å². The summed E-state index contributed by atoms with van der Waals surface area (Å²) in [5, 5.41) is 7.91. The van der Waals surface area contributed by atoms with Gasteiger partial charge in [0, 0.05) is 5.56 Å². The molecule has 10 heteroatoms. The summed E-state index contributed by atoms with van der Waals surface area (Å²) in [5.74, 6) is -7.75. The molecule has 142 valence electrons. The zero-order valence-electron chi connectivity index (χ0n) is 13.8. The molecular weight excluding hydrogens is 388 g/mol. The number of hydrogen-bond acceptors (Lipinski definition) is 6. The Balaban J connectivity index is 2.25. The Hall–Kier alpha value is -2.88. The number of thioether (sulfide) groups is 1. The molecule has 0 atom stereocenters. The maximum absolute atomic E-state index is 13.8. The lowest BCUT2D eigenvalue weighted by molar-refractivity contribution is 0.0609. The Bertz CT molecular complexity index is 907. The number of halogens is 4. The lowest BCUT2D eigenvalue weighted by Gasteiger charge is -2.08. The fraction of sp³-hybridized carbons (Fsp3) is 0.118. The third-order valence-electron chi connectivity index (χ3n) is 3.10. The van der Waals surface area contributed by atoms with Crippen LogP contribution in [0.15, 0.2) is 69.8 Å². The molecule has 1 heterocycles. The highest BCUT2D eigenvalue weighted by molar-refractivity contribution is 7.98. The molecular formula is C17H12F4N2O3S. The molecule has 0 aliphatic carbocycles. The molecule has 0 amide bonds. The van der Waals surface area contributed by atoms with Crippen molar-refractivity contribution in [2.75, 3.05) is 12.9 Å². The average Bonchev–Trinajstić information content (AvgIpc) is 3.19. The molecule has 0 radical (unpaired) electrons. The van der Waals surface area contributed by atoms with Crippen molar-refractivity contribution in [3.63, 3.8) is 0 Å². The van der Waals surface area contributed by atoms with E-state index in [9.17, 15) is 22.4 Å². The van der Waals surface area contributed by atoms with Gasteiger partial charge >= 0.3 is 5.97 Å². The first-order valence-corrected chi connectivity index (χ1v) is 8.46. The molecule has 5 nitrogen and oxygen atoms in total. The van der Waals surface area contributed by atoms with Gasteiger partial charge in [0.2, 0.25) is 17.5 Å². The van der Waals surface area contributed by atoms with Gasteiger partial charge in [0.05, 0.1) is 5.56 Å². The van der Waals surface area contributed by atoms with Gasteiger partial charge in [-0.15, -0.1) is 10.2 Å². The van der Waals surface area contributed by atoms with E-state index in [1.165, 1.54) is 36.0 Å². The number of esters is 1. The first-order valence-electron chi connectivity index (χ1n) is 7.24. The van der Waals surface area contributed by atoms with Gasteiger partial charge in [0.1, 0.15) is 6.67 Å². The van der Waals surface area contributed by atoms with Gasteiger partial charge < -0.3 is 9.15 Å². The zero-order valence-corrected chi connectivity index (χ0v) is 14.7. The van der Waals surface area contributed by atoms with E-state index in [0.29, 0.717) is 16.9 Å². The van der Waals surface area contributed by atoms with Crippen molar-refractivity contribution in [1.29, 1.82) is 0 Å². The normalized spacial score (nSPS) is 12.9. The van der Waals surface area contributed by atoms with Crippen LogP contribution in [0.2, 0.25) is 0 Å². The molecule has 0 N–H and O–H groups in total. The summed E-state index contributed by atoms with van der Waals surface area (Å²) in [5.41, 5.74) is 0.355. The van der Waals surface area contributed by atoms with Gasteiger partial charge in [-0.25, -0.2) is 18.0 Å².